The lowest BCUT2D eigenvalue weighted by atomic mass is 9.79. The molecule has 3 rings (SSSR count). The Balaban J connectivity index is 1.66. The molecule has 2 heterocycles. The monoisotopic (exact) mass is 401 g/mol. The third kappa shape index (κ3) is 4.74. The summed E-state index contributed by atoms with van der Waals surface area (Å²) in [6.07, 6.45) is 1.57. The van der Waals surface area contributed by atoms with Gasteiger partial charge in [-0.2, -0.15) is 5.10 Å². The van der Waals surface area contributed by atoms with Gasteiger partial charge in [0.1, 0.15) is 13.1 Å². The van der Waals surface area contributed by atoms with Gasteiger partial charge in [-0.15, -0.1) is 0 Å². The van der Waals surface area contributed by atoms with Crippen molar-refractivity contribution in [1.82, 2.24) is 14.8 Å². The number of hydrogen-bond donors (Lipinski definition) is 0. The van der Waals surface area contributed by atoms with Crippen LogP contribution in [0.15, 0.2) is 30.6 Å². The average molecular weight is 401 g/mol. The van der Waals surface area contributed by atoms with E-state index < -0.39 is 8.07 Å². The third-order valence-corrected chi connectivity index (χ3v) is 7.22. The number of ether oxygens (including phenoxy) is 1. The van der Waals surface area contributed by atoms with Crippen LogP contribution in [-0.2, 0) is 20.8 Å². The molecule has 1 aliphatic rings. The lowest BCUT2D eigenvalue weighted by Crippen LogP contribution is -2.41. The van der Waals surface area contributed by atoms with Crippen molar-refractivity contribution in [3.8, 4) is 11.4 Å². The van der Waals surface area contributed by atoms with Crippen LogP contribution < -0.4 is 5.46 Å². The normalized spacial score (nSPS) is 18.6. The maximum atomic E-state index is 6.13. The fraction of sp³-hybridized carbons (Fsp3) is 0.600. The topological polar surface area (TPSA) is 58.4 Å². The first-order chi connectivity index (χ1) is 13.0. The van der Waals surface area contributed by atoms with E-state index in [2.05, 4.69) is 57.4 Å². The highest BCUT2D eigenvalue weighted by Gasteiger charge is 2.51. The number of rotatable bonds is 7. The van der Waals surface area contributed by atoms with Crippen LogP contribution in [0, 0.1) is 0 Å². The van der Waals surface area contributed by atoms with Gasteiger partial charge in [0.15, 0.2) is 5.82 Å². The largest absolute Gasteiger partial charge is 0.494 e. The number of benzene rings is 1. The molecule has 1 aliphatic heterocycles. The van der Waals surface area contributed by atoms with Gasteiger partial charge in [0.05, 0.1) is 11.2 Å². The molecule has 0 saturated carbocycles. The summed E-state index contributed by atoms with van der Waals surface area (Å²) in [5.41, 5.74) is 1.31. The molecule has 8 heteroatoms. The van der Waals surface area contributed by atoms with E-state index in [9.17, 15) is 0 Å². The molecule has 1 aromatic carbocycles. The molecule has 1 saturated heterocycles. The van der Waals surface area contributed by atoms with Gasteiger partial charge in [0, 0.05) is 20.2 Å². The second kappa shape index (κ2) is 7.74. The molecule has 28 heavy (non-hydrogen) atoms. The second-order valence-corrected chi connectivity index (χ2v) is 15.3. The summed E-state index contributed by atoms with van der Waals surface area (Å²) in [5, 5.41) is 4.31. The molecule has 6 nitrogen and oxygen atoms in total. The SMILES string of the molecule is CC1(C)OB(c2ccc(-c3ncnn3COCC[Si](C)(C)C)cc2)OC1(C)C. The van der Waals surface area contributed by atoms with E-state index in [0.717, 1.165) is 29.5 Å². The first kappa shape index (κ1) is 21.2. The fourth-order valence-electron chi connectivity index (χ4n) is 2.88. The summed E-state index contributed by atoms with van der Waals surface area (Å²) in [7, 11) is -1.45. The minimum absolute atomic E-state index is 0.343. The van der Waals surface area contributed by atoms with Gasteiger partial charge in [-0.25, -0.2) is 9.67 Å². The molecule has 0 bridgehead atoms. The molecule has 1 fully saturated rings. The van der Waals surface area contributed by atoms with Gasteiger partial charge in [0.25, 0.3) is 0 Å². The summed E-state index contributed by atoms with van der Waals surface area (Å²) >= 11 is 0. The Hall–Kier alpha value is -1.48. The lowest BCUT2D eigenvalue weighted by molar-refractivity contribution is 0.00578. The summed E-state index contributed by atoms with van der Waals surface area (Å²) in [6, 6.07) is 9.26. The minimum Gasteiger partial charge on any atom is -0.399 e. The van der Waals surface area contributed by atoms with Crippen molar-refractivity contribution >= 4 is 20.7 Å². The number of aromatic nitrogens is 3. The number of nitrogens with zero attached hydrogens (tertiary/aromatic N) is 3. The molecule has 0 unspecified atom stereocenters. The maximum Gasteiger partial charge on any atom is 0.494 e. The van der Waals surface area contributed by atoms with E-state index in [1.807, 2.05) is 24.3 Å². The zero-order valence-corrected chi connectivity index (χ0v) is 19.2. The zero-order valence-electron chi connectivity index (χ0n) is 18.2. The molecule has 0 radical (unpaired) electrons. The zero-order chi connectivity index (χ0) is 20.6. The van der Waals surface area contributed by atoms with Crippen LogP contribution in [0.25, 0.3) is 11.4 Å². The molecule has 0 atom stereocenters. The van der Waals surface area contributed by atoms with Crippen molar-refractivity contribution in [3.05, 3.63) is 30.6 Å². The third-order valence-electron chi connectivity index (χ3n) is 5.52. The number of hydrogen-bond acceptors (Lipinski definition) is 5. The Labute approximate surface area is 169 Å². The van der Waals surface area contributed by atoms with E-state index in [4.69, 9.17) is 14.0 Å². The Morgan fingerprint density at radius 1 is 1.04 bits per heavy atom. The van der Waals surface area contributed by atoms with E-state index in [0.29, 0.717) is 6.73 Å². The highest BCUT2D eigenvalue weighted by molar-refractivity contribution is 6.76. The molecule has 0 aliphatic carbocycles. The quantitative estimate of drug-likeness (QED) is 0.525. The summed E-state index contributed by atoms with van der Waals surface area (Å²) in [5.74, 6) is 0.800. The van der Waals surface area contributed by atoms with Crippen LogP contribution >= 0.6 is 0 Å². The Kier molecular flexibility index (Phi) is 5.87. The predicted molar refractivity (Wildman–Crippen MR) is 115 cm³/mol. The first-order valence-corrected chi connectivity index (χ1v) is 13.6. The van der Waals surface area contributed by atoms with Gasteiger partial charge < -0.3 is 14.0 Å². The van der Waals surface area contributed by atoms with Crippen molar-refractivity contribution < 1.29 is 14.0 Å². The minimum atomic E-state index is -1.09. The molecule has 152 valence electrons. The Morgan fingerprint density at radius 2 is 1.64 bits per heavy atom. The van der Waals surface area contributed by atoms with Gasteiger partial charge in [-0.1, -0.05) is 43.9 Å². The Bertz CT molecular complexity index is 784. The van der Waals surface area contributed by atoms with Gasteiger partial charge >= 0.3 is 7.12 Å². The van der Waals surface area contributed by atoms with E-state index in [1.54, 1.807) is 11.0 Å². The predicted octanol–water partition coefficient (Wildman–Crippen LogP) is 3.56. The van der Waals surface area contributed by atoms with Crippen LogP contribution in [0.1, 0.15) is 27.7 Å². The van der Waals surface area contributed by atoms with Crippen LogP contribution in [0.2, 0.25) is 25.7 Å². The van der Waals surface area contributed by atoms with E-state index >= 15 is 0 Å². The van der Waals surface area contributed by atoms with Gasteiger partial charge in [0.2, 0.25) is 0 Å². The van der Waals surface area contributed by atoms with Crippen molar-refractivity contribution in [1.29, 1.82) is 0 Å². The summed E-state index contributed by atoms with van der Waals surface area (Å²) < 4.78 is 19.9. The molecular formula is C20H32BN3O3Si. The second-order valence-electron chi connectivity index (χ2n) is 9.64. The molecule has 0 N–H and O–H groups in total. The molecular weight excluding hydrogens is 369 g/mol. The van der Waals surface area contributed by atoms with Crippen LogP contribution in [0.3, 0.4) is 0 Å². The van der Waals surface area contributed by atoms with Crippen molar-refractivity contribution in [2.75, 3.05) is 6.61 Å². The van der Waals surface area contributed by atoms with Gasteiger partial charge in [-0.05, 0) is 39.2 Å². The van der Waals surface area contributed by atoms with Crippen LogP contribution in [0.5, 0.6) is 0 Å². The highest BCUT2D eigenvalue weighted by atomic mass is 28.3. The van der Waals surface area contributed by atoms with Crippen molar-refractivity contribution in [2.45, 2.75) is 71.3 Å². The molecule has 2 aromatic rings. The van der Waals surface area contributed by atoms with Crippen LogP contribution in [-0.4, -0.2) is 47.8 Å². The van der Waals surface area contributed by atoms with Crippen molar-refractivity contribution in [3.63, 3.8) is 0 Å². The molecule has 0 spiro atoms. The highest BCUT2D eigenvalue weighted by Crippen LogP contribution is 2.36. The maximum absolute atomic E-state index is 6.13. The molecule has 1 aromatic heterocycles. The summed E-state index contributed by atoms with van der Waals surface area (Å²) in [6.45, 7) is 16.5. The fourth-order valence-corrected chi connectivity index (χ4v) is 3.64. The standard InChI is InChI=1S/C20H32BN3O3Si/c1-19(2)20(3,4)27-21(26-19)17-10-8-16(9-11-17)18-22-14-23-24(18)15-25-12-13-28(5,6)7/h8-11,14H,12-13,15H2,1-7H3. The smallest absolute Gasteiger partial charge is 0.399 e. The first-order valence-electron chi connectivity index (χ1n) is 9.90. The van der Waals surface area contributed by atoms with Crippen molar-refractivity contribution in [2.24, 2.45) is 0 Å². The molecule has 0 amide bonds. The van der Waals surface area contributed by atoms with E-state index in [-0.39, 0.29) is 18.3 Å². The van der Waals surface area contributed by atoms with Crippen LogP contribution in [0.4, 0.5) is 0 Å². The Morgan fingerprint density at radius 3 is 2.21 bits per heavy atom. The van der Waals surface area contributed by atoms with E-state index in [1.165, 1.54) is 0 Å². The van der Waals surface area contributed by atoms with Gasteiger partial charge in [-0.3, -0.25) is 0 Å². The lowest BCUT2D eigenvalue weighted by Gasteiger charge is -2.32. The average Bonchev–Trinajstić information content (AvgIpc) is 3.13. The summed E-state index contributed by atoms with van der Waals surface area (Å²) in [4.78, 5) is 4.41.